The van der Waals surface area contributed by atoms with Crippen molar-refractivity contribution in [3.63, 3.8) is 0 Å². The van der Waals surface area contributed by atoms with E-state index in [0.29, 0.717) is 0 Å². The molecule has 1 aliphatic carbocycles. The summed E-state index contributed by atoms with van der Waals surface area (Å²) in [5, 5.41) is 0. The van der Waals surface area contributed by atoms with Crippen molar-refractivity contribution in [2.24, 2.45) is 5.92 Å². The van der Waals surface area contributed by atoms with Crippen LogP contribution in [0.5, 0.6) is 0 Å². The second kappa shape index (κ2) is 8.15. The largest absolute Gasteiger partial charge is 0.0982 e. The molecule has 20 heavy (non-hydrogen) atoms. The molecular weight excluding hydrogens is 240 g/mol. The first kappa shape index (κ1) is 15.2. The van der Waals surface area contributed by atoms with E-state index in [1.54, 1.807) is 0 Å². The van der Waals surface area contributed by atoms with E-state index in [1.807, 2.05) is 0 Å². The molecule has 0 aliphatic heterocycles. The van der Waals surface area contributed by atoms with Crippen molar-refractivity contribution in [3.05, 3.63) is 35.4 Å². The van der Waals surface area contributed by atoms with Crippen LogP contribution < -0.4 is 0 Å². The maximum Gasteiger partial charge on any atom is 0.0245 e. The summed E-state index contributed by atoms with van der Waals surface area (Å²) in [7, 11) is 0. The van der Waals surface area contributed by atoms with Crippen LogP contribution >= 0.6 is 0 Å². The lowest BCUT2D eigenvalue weighted by Gasteiger charge is -2.28. The lowest BCUT2D eigenvalue weighted by molar-refractivity contribution is 0.304. The second-order valence-electron chi connectivity index (χ2n) is 6.14. The average molecular weight is 268 g/mol. The van der Waals surface area contributed by atoms with Crippen LogP contribution in [0, 0.1) is 17.8 Å². The second-order valence-corrected chi connectivity index (χ2v) is 6.14. The fourth-order valence-electron chi connectivity index (χ4n) is 3.31. The molecule has 1 saturated carbocycles. The van der Waals surface area contributed by atoms with Gasteiger partial charge in [0.1, 0.15) is 0 Å². The highest BCUT2D eigenvalue weighted by molar-refractivity contribution is 5.37. The smallest absolute Gasteiger partial charge is 0.0245 e. The highest BCUT2D eigenvalue weighted by Crippen LogP contribution is 2.37. The summed E-state index contributed by atoms with van der Waals surface area (Å²) in [6.45, 7) is 4.40. The van der Waals surface area contributed by atoms with Gasteiger partial charge >= 0.3 is 0 Å². The Morgan fingerprint density at radius 3 is 2.30 bits per heavy atom. The summed E-state index contributed by atoms with van der Waals surface area (Å²) >= 11 is 0. The minimum absolute atomic E-state index is 0.793. The van der Waals surface area contributed by atoms with E-state index in [9.17, 15) is 0 Å². The summed E-state index contributed by atoms with van der Waals surface area (Å²) < 4.78 is 0. The summed E-state index contributed by atoms with van der Waals surface area (Å²) in [5.74, 6) is 8.14. The molecule has 0 atom stereocenters. The predicted octanol–water partition coefficient (Wildman–Crippen LogP) is 5.91. The topological polar surface area (TPSA) is 0 Å². The van der Waals surface area contributed by atoms with Gasteiger partial charge < -0.3 is 0 Å². The first-order valence-corrected chi connectivity index (χ1v) is 8.42. The van der Waals surface area contributed by atoms with Crippen molar-refractivity contribution in [1.82, 2.24) is 0 Å². The number of unbranched alkanes of at least 4 members (excludes halogenated alkanes) is 1. The van der Waals surface area contributed by atoms with Gasteiger partial charge in [-0.1, -0.05) is 57.1 Å². The Bertz CT molecular complexity index is 435. The fourth-order valence-corrected chi connectivity index (χ4v) is 3.31. The Balaban J connectivity index is 1.87. The molecule has 1 fully saturated rings. The standard InChI is InChI=1S/C20H28/c1-3-5-7-17-9-13-19(14-10-17)20-15-11-18(12-16-20)8-6-4-2/h11-12,15-17,19H,3-5,7,9-10,13-14H2,1-2H3. The zero-order valence-electron chi connectivity index (χ0n) is 13.1. The quantitative estimate of drug-likeness (QED) is 0.595. The fraction of sp³-hybridized carbons (Fsp3) is 0.600. The number of hydrogen-bond acceptors (Lipinski definition) is 0. The van der Waals surface area contributed by atoms with Crippen LogP contribution in [0.15, 0.2) is 24.3 Å². The molecule has 0 aromatic heterocycles. The molecule has 0 heterocycles. The molecule has 1 aromatic carbocycles. The molecule has 0 spiro atoms. The molecule has 0 saturated heterocycles. The monoisotopic (exact) mass is 268 g/mol. The van der Waals surface area contributed by atoms with Crippen molar-refractivity contribution in [2.45, 2.75) is 71.1 Å². The Labute approximate surface area is 125 Å². The highest BCUT2D eigenvalue weighted by atomic mass is 14.3. The molecule has 1 aromatic rings. The Kier molecular flexibility index (Phi) is 6.19. The zero-order valence-corrected chi connectivity index (χ0v) is 13.1. The minimum Gasteiger partial charge on any atom is -0.0982 e. The zero-order chi connectivity index (χ0) is 14.2. The van der Waals surface area contributed by atoms with Gasteiger partial charge in [-0.15, -0.1) is 0 Å². The minimum atomic E-state index is 0.793. The molecule has 108 valence electrons. The van der Waals surface area contributed by atoms with E-state index in [4.69, 9.17) is 0 Å². The van der Waals surface area contributed by atoms with E-state index < -0.39 is 0 Å². The molecule has 0 N–H and O–H groups in total. The molecule has 2 rings (SSSR count). The average Bonchev–Trinajstić information content (AvgIpc) is 2.52. The summed E-state index contributed by atoms with van der Waals surface area (Å²) in [6, 6.07) is 9.00. The molecule has 0 radical (unpaired) electrons. The third kappa shape index (κ3) is 4.41. The van der Waals surface area contributed by atoms with E-state index in [1.165, 1.54) is 50.5 Å². The molecule has 0 bridgehead atoms. The van der Waals surface area contributed by atoms with Crippen LogP contribution in [0.1, 0.15) is 82.3 Å². The highest BCUT2D eigenvalue weighted by Gasteiger charge is 2.21. The van der Waals surface area contributed by atoms with Gasteiger partial charge in [0, 0.05) is 12.0 Å². The number of rotatable bonds is 4. The van der Waals surface area contributed by atoms with Crippen LogP contribution in [0.25, 0.3) is 0 Å². The Morgan fingerprint density at radius 2 is 1.70 bits per heavy atom. The SMILES string of the molecule is CCC#Cc1ccc(C2CCC(CCCC)CC2)cc1. The molecule has 1 aliphatic rings. The lowest BCUT2D eigenvalue weighted by Crippen LogP contribution is -2.13. The summed E-state index contributed by atoms with van der Waals surface area (Å²) in [6.07, 6.45) is 10.8. The van der Waals surface area contributed by atoms with E-state index in [2.05, 4.69) is 50.0 Å². The summed E-state index contributed by atoms with van der Waals surface area (Å²) in [5.41, 5.74) is 2.69. The van der Waals surface area contributed by atoms with E-state index >= 15 is 0 Å². The van der Waals surface area contributed by atoms with Crippen molar-refractivity contribution in [2.75, 3.05) is 0 Å². The van der Waals surface area contributed by atoms with Crippen molar-refractivity contribution >= 4 is 0 Å². The molecule has 0 amide bonds. The predicted molar refractivity (Wildman–Crippen MR) is 87.8 cm³/mol. The van der Waals surface area contributed by atoms with Crippen molar-refractivity contribution in [1.29, 1.82) is 0 Å². The third-order valence-corrected chi connectivity index (χ3v) is 4.60. The lowest BCUT2D eigenvalue weighted by atomic mass is 9.77. The third-order valence-electron chi connectivity index (χ3n) is 4.60. The molecule has 0 unspecified atom stereocenters. The van der Waals surface area contributed by atoms with Gasteiger partial charge in [0.05, 0.1) is 0 Å². The Morgan fingerprint density at radius 1 is 1.00 bits per heavy atom. The van der Waals surface area contributed by atoms with E-state index in [0.717, 1.165) is 23.8 Å². The van der Waals surface area contributed by atoms with Crippen LogP contribution in [-0.2, 0) is 0 Å². The Hall–Kier alpha value is -1.22. The van der Waals surface area contributed by atoms with Gasteiger partial charge in [-0.25, -0.2) is 0 Å². The summed E-state index contributed by atoms with van der Waals surface area (Å²) in [4.78, 5) is 0. The van der Waals surface area contributed by atoms with Crippen LogP contribution in [0.4, 0.5) is 0 Å². The van der Waals surface area contributed by atoms with Gasteiger partial charge in [-0.05, 0) is 55.2 Å². The van der Waals surface area contributed by atoms with E-state index in [-0.39, 0.29) is 0 Å². The van der Waals surface area contributed by atoms with Crippen LogP contribution in [0.2, 0.25) is 0 Å². The van der Waals surface area contributed by atoms with Gasteiger partial charge in [0.25, 0.3) is 0 Å². The number of hydrogen-bond donors (Lipinski definition) is 0. The van der Waals surface area contributed by atoms with Crippen molar-refractivity contribution < 1.29 is 0 Å². The normalized spacial score (nSPS) is 22.1. The van der Waals surface area contributed by atoms with Crippen molar-refractivity contribution in [3.8, 4) is 11.8 Å². The maximum atomic E-state index is 3.20. The maximum absolute atomic E-state index is 3.20. The first-order valence-electron chi connectivity index (χ1n) is 8.42. The first-order chi connectivity index (χ1) is 9.83. The van der Waals surface area contributed by atoms with Crippen LogP contribution in [0.3, 0.4) is 0 Å². The van der Waals surface area contributed by atoms with Gasteiger partial charge in [0.15, 0.2) is 0 Å². The van der Waals surface area contributed by atoms with Crippen LogP contribution in [-0.4, -0.2) is 0 Å². The molecule has 0 nitrogen and oxygen atoms in total. The van der Waals surface area contributed by atoms with Gasteiger partial charge in [-0.3, -0.25) is 0 Å². The van der Waals surface area contributed by atoms with Gasteiger partial charge in [-0.2, -0.15) is 0 Å². The molecular formula is C20H28. The van der Waals surface area contributed by atoms with Gasteiger partial charge in [0.2, 0.25) is 0 Å². The molecule has 0 heteroatoms. The number of benzene rings is 1.